The van der Waals surface area contributed by atoms with Crippen LogP contribution in [0.3, 0.4) is 0 Å². The number of aliphatic hydroxyl groups excluding tert-OH is 1. The number of hydrogen-bond acceptors (Lipinski definition) is 3. The molecule has 3 nitrogen and oxygen atoms in total. The molecule has 17 heavy (non-hydrogen) atoms. The summed E-state index contributed by atoms with van der Waals surface area (Å²) < 4.78 is 5.75. The summed E-state index contributed by atoms with van der Waals surface area (Å²) in [6, 6.07) is 0. The maximum atomic E-state index is 9.24. The molecule has 1 saturated carbocycles. The van der Waals surface area contributed by atoms with Crippen LogP contribution in [0.5, 0.6) is 0 Å². The molecule has 0 saturated heterocycles. The predicted octanol–water partition coefficient (Wildman–Crippen LogP) is 2.33. The van der Waals surface area contributed by atoms with Crippen LogP contribution in [0.25, 0.3) is 0 Å². The van der Waals surface area contributed by atoms with Gasteiger partial charge in [-0.1, -0.05) is 19.3 Å². The molecular formula is C14H29NO2. The molecule has 0 aliphatic heterocycles. The van der Waals surface area contributed by atoms with Gasteiger partial charge >= 0.3 is 0 Å². The minimum absolute atomic E-state index is 0.145. The summed E-state index contributed by atoms with van der Waals surface area (Å²) in [5.74, 6) is 0.803. The highest BCUT2D eigenvalue weighted by Crippen LogP contribution is 2.23. The minimum atomic E-state index is -0.145. The fraction of sp³-hybridized carbons (Fsp3) is 1.00. The normalized spacial score (nSPS) is 21.4. The summed E-state index contributed by atoms with van der Waals surface area (Å²) in [6.45, 7) is 4.00. The van der Waals surface area contributed by atoms with Crippen LogP contribution in [0.4, 0.5) is 0 Å². The van der Waals surface area contributed by atoms with E-state index in [1.165, 1.54) is 32.1 Å². The van der Waals surface area contributed by atoms with Crippen molar-refractivity contribution in [3.63, 3.8) is 0 Å². The highest BCUT2D eigenvalue weighted by molar-refractivity contribution is 4.79. The number of likely N-dealkylation sites (N-methyl/N-ethyl adjacent to an activating group) is 1. The van der Waals surface area contributed by atoms with Gasteiger partial charge in [0.15, 0.2) is 0 Å². The molecule has 1 atom stereocenters. The Bertz CT molecular complexity index is 187. The van der Waals surface area contributed by atoms with Crippen LogP contribution in [0.2, 0.25) is 0 Å². The third-order valence-electron chi connectivity index (χ3n) is 4.05. The topological polar surface area (TPSA) is 41.5 Å². The Morgan fingerprint density at radius 3 is 2.59 bits per heavy atom. The lowest BCUT2D eigenvalue weighted by Gasteiger charge is -2.27. The van der Waals surface area contributed by atoms with E-state index in [0.717, 1.165) is 32.0 Å². The van der Waals surface area contributed by atoms with E-state index >= 15 is 0 Å². The molecule has 1 aliphatic rings. The van der Waals surface area contributed by atoms with Crippen molar-refractivity contribution in [3.8, 4) is 0 Å². The Kier molecular flexibility index (Phi) is 7.09. The zero-order valence-corrected chi connectivity index (χ0v) is 11.5. The number of aliphatic hydroxyl groups is 1. The molecule has 1 unspecified atom stereocenters. The van der Waals surface area contributed by atoms with Gasteiger partial charge in [0.25, 0.3) is 0 Å². The fourth-order valence-corrected chi connectivity index (χ4v) is 2.45. The summed E-state index contributed by atoms with van der Waals surface area (Å²) in [5, 5.41) is 12.4. The van der Waals surface area contributed by atoms with Gasteiger partial charge in [-0.05, 0) is 45.6 Å². The van der Waals surface area contributed by atoms with Crippen molar-refractivity contribution in [3.05, 3.63) is 0 Å². The van der Waals surface area contributed by atoms with Crippen molar-refractivity contribution in [2.75, 3.05) is 26.9 Å². The van der Waals surface area contributed by atoms with Crippen LogP contribution in [0.1, 0.15) is 51.9 Å². The molecule has 0 radical (unpaired) electrons. The van der Waals surface area contributed by atoms with Crippen molar-refractivity contribution in [2.45, 2.75) is 57.4 Å². The first kappa shape index (κ1) is 14.9. The van der Waals surface area contributed by atoms with Crippen LogP contribution >= 0.6 is 0 Å². The van der Waals surface area contributed by atoms with E-state index in [1.54, 1.807) is 0 Å². The van der Waals surface area contributed by atoms with Crippen molar-refractivity contribution in [1.82, 2.24) is 5.32 Å². The second-order valence-corrected chi connectivity index (χ2v) is 5.65. The number of hydrogen-bond donors (Lipinski definition) is 2. The Hall–Kier alpha value is -0.120. The zero-order chi connectivity index (χ0) is 12.6. The second-order valence-electron chi connectivity index (χ2n) is 5.65. The molecule has 0 aromatic carbocycles. The van der Waals surface area contributed by atoms with Crippen LogP contribution in [0.15, 0.2) is 0 Å². The van der Waals surface area contributed by atoms with Gasteiger partial charge in [-0.25, -0.2) is 0 Å². The summed E-state index contributed by atoms with van der Waals surface area (Å²) in [5.41, 5.74) is -0.145. The SMILES string of the molecule is CNC(C)(CO)CCCOCC1CCCCC1. The van der Waals surface area contributed by atoms with Gasteiger partial charge in [-0.15, -0.1) is 0 Å². The van der Waals surface area contributed by atoms with Gasteiger partial charge in [0.1, 0.15) is 0 Å². The molecule has 1 aliphatic carbocycles. The molecule has 0 heterocycles. The van der Waals surface area contributed by atoms with Gasteiger partial charge in [-0.3, -0.25) is 0 Å². The quantitative estimate of drug-likeness (QED) is 0.643. The summed E-state index contributed by atoms with van der Waals surface area (Å²) in [7, 11) is 1.90. The second kappa shape index (κ2) is 8.06. The van der Waals surface area contributed by atoms with Gasteiger partial charge in [0, 0.05) is 18.8 Å². The first-order chi connectivity index (χ1) is 8.20. The van der Waals surface area contributed by atoms with Gasteiger partial charge in [0.05, 0.1) is 6.61 Å². The minimum Gasteiger partial charge on any atom is -0.394 e. The Morgan fingerprint density at radius 2 is 2.00 bits per heavy atom. The van der Waals surface area contributed by atoms with Crippen LogP contribution in [0, 0.1) is 5.92 Å². The molecule has 0 spiro atoms. The highest BCUT2D eigenvalue weighted by Gasteiger charge is 2.20. The smallest absolute Gasteiger partial charge is 0.0610 e. The number of nitrogens with one attached hydrogen (secondary N) is 1. The average Bonchev–Trinajstić information content (AvgIpc) is 2.39. The van der Waals surface area contributed by atoms with Crippen LogP contribution in [-0.4, -0.2) is 37.5 Å². The molecular weight excluding hydrogens is 214 g/mol. The predicted molar refractivity (Wildman–Crippen MR) is 71.2 cm³/mol. The van der Waals surface area contributed by atoms with E-state index in [1.807, 2.05) is 14.0 Å². The Balaban J connectivity index is 2.00. The van der Waals surface area contributed by atoms with Crippen molar-refractivity contribution in [1.29, 1.82) is 0 Å². The van der Waals surface area contributed by atoms with E-state index in [4.69, 9.17) is 4.74 Å². The summed E-state index contributed by atoms with van der Waals surface area (Å²) >= 11 is 0. The number of rotatable bonds is 8. The Labute approximate surface area is 106 Å². The molecule has 1 rings (SSSR count). The van der Waals surface area contributed by atoms with E-state index < -0.39 is 0 Å². The van der Waals surface area contributed by atoms with Crippen molar-refractivity contribution in [2.24, 2.45) is 5.92 Å². The van der Waals surface area contributed by atoms with Crippen LogP contribution < -0.4 is 5.32 Å². The third kappa shape index (κ3) is 5.84. The van der Waals surface area contributed by atoms with E-state index in [9.17, 15) is 5.11 Å². The van der Waals surface area contributed by atoms with Gasteiger partial charge in [-0.2, -0.15) is 0 Å². The zero-order valence-electron chi connectivity index (χ0n) is 11.5. The molecule has 3 heteroatoms. The maximum Gasteiger partial charge on any atom is 0.0610 e. The number of ether oxygens (including phenoxy) is 1. The average molecular weight is 243 g/mol. The van der Waals surface area contributed by atoms with Gasteiger partial charge < -0.3 is 15.2 Å². The van der Waals surface area contributed by atoms with E-state index in [0.29, 0.717) is 0 Å². The first-order valence-electron chi connectivity index (χ1n) is 7.08. The van der Waals surface area contributed by atoms with E-state index in [-0.39, 0.29) is 12.1 Å². The largest absolute Gasteiger partial charge is 0.394 e. The molecule has 1 fully saturated rings. The Morgan fingerprint density at radius 1 is 1.29 bits per heavy atom. The lowest BCUT2D eigenvalue weighted by atomic mass is 9.90. The van der Waals surface area contributed by atoms with Gasteiger partial charge in [0.2, 0.25) is 0 Å². The summed E-state index contributed by atoms with van der Waals surface area (Å²) in [6.07, 6.45) is 8.87. The third-order valence-corrected chi connectivity index (χ3v) is 4.05. The first-order valence-corrected chi connectivity index (χ1v) is 7.08. The molecule has 0 bridgehead atoms. The monoisotopic (exact) mass is 243 g/mol. The lowest BCUT2D eigenvalue weighted by Crippen LogP contribution is -2.43. The fourth-order valence-electron chi connectivity index (χ4n) is 2.45. The van der Waals surface area contributed by atoms with Crippen LogP contribution in [-0.2, 0) is 4.74 Å². The highest BCUT2D eigenvalue weighted by atomic mass is 16.5. The molecule has 0 aromatic rings. The molecule has 102 valence electrons. The van der Waals surface area contributed by atoms with Crippen molar-refractivity contribution < 1.29 is 9.84 Å². The summed E-state index contributed by atoms with van der Waals surface area (Å²) in [4.78, 5) is 0. The standard InChI is InChI=1S/C14H29NO2/c1-14(12-16,15-2)9-6-10-17-11-13-7-4-3-5-8-13/h13,15-16H,3-12H2,1-2H3. The van der Waals surface area contributed by atoms with E-state index in [2.05, 4.69) is 5.32 Å². The molecule has 0 amide bonds. The lowest BCUT2D eigenvalue weighted by molar-refractivity contribution is 0.0747. The molecule has 2 N–H and O–H groups in total. The maximum absolute atomic E-state index is 9.24. The molecule has 0 aromatic heterocycles. The van der Waals surface area contributed by atoms with Crippen molar-refractivity contribution >= 4 is 0 Å².